The Balaban J connectivity index is 1.99. The Labute approximate surface area is 125 Å². The van der Waals surface area contributed by atoms with Crippen LogP contribution in [0.3, 0.4) is 0 Å². The number of carbonyl (C=O) groups excluding carboxylic acids is 1. The molecule has 0 bridgehead atoms. The van der Waals surface area contributed by atoms with E-state index in [0.717, 1.165) is 25.9 Å². The predicted molar refractivity (Wildman–Crippen MR) is 80.4 cm³/mol. The van der Waals surface area contributed by atoms with Gasteiger partial charge in [-0.25, -0.2) is 4.39 Å². The fraction of sp³-hybridized carbons (Fsp3) is 0.562. The van der Waals surface area contributed by atoms with Crippen molar-refractivity contribution < 1.29 is 13.9 Å². The molecule has 0 saturated carbocycles. The maximum atomic E-state index is 13.7. The van der Waals surface area contributed by atoms with Crippen LogP contribution in [0.15, 0.2) is 18.2 Å². The molecule has 4 nitrogen and oxygen atoms in total. The average Bonchev–Trinajstić information content (AvgIpc) is 2.47. The number of hydrogen-bond acceptors (Lipinski definition) is 4. The third-order valence-electron chi connectivity index (χ3n) is 4.05. The summed E-state index contributed by atoms with van der Waals surface area (Å²) in [6.07, 6.45) is 2.25. The highest BCUT2D eigenvalue weighted by Gasteiger charge is 2.23. The smallest absolute Gasteiger partial charge is 0.176 e. The first-order valence-electron chi connectivity index (χ1n) is 7.26. The first kappa shape index (κ1) is 15.9. The molecule has 5 heteroatoms. The molecule has 1 atom stereocenters. The van der Waals surface area contributed by atoms with E-state index in [1.165, 1.54) is 19.2 Å². The van der Waals surface area contributed by atoms with Gasteiger partial charge in [0.05, 0.1) is 13.7 Å². The van der Waals surface area contributed by atoms with Crippen LogP contribution in [-0.4, -0.2) is 62.5 Å². The Morgan fingerprint density at radius 3 is 2.86 bits per heavy atom. The molecule has 1 saturated heterocycles. The molecule has 1 aliphatic rings. The molecule has 0 N–H and O–H groups in total. The summed E-state index contributed by atoms with van der Waals surface area (Å²) < 4.78 is 18.5. The van der Waals surface area contributed by atoms with E-state index in [1.807, 2.05) is 0 Å². The molecule has 1 fully saturated rings. The number of piperidine rings is 1. The molecule has 116 valence electrons. The number of ether oxygens (including phenoxy) is 1. The molecule has 1 aromatic rings. The number of hydrogen-bond donors (Lipinski definition) is 0. The van der Waals surface area contributed by atoms with Crippen LogP contribution < -0.4 is 4.74 Å². The lowest BCUT2D eigenvalue weighted by atomic mass is 10.0. The number of benzene rings is 1. The summed E-state index contributed by atoms with van der Waals surface area (Å²) in [5, 5.41) is 0. The van der Waals surface area contributed by atoms with Crippen LogP contribution in [0.5, 0.6) is 5.75 Å². The zero-order valence-corrected chi connectivity index (χ0v) is 12.9. The molecule has 0 aliphatic carbocycles. The topological polar surface area (TPSA) is 32.8 Å². The fourth-order valence-electron chi connectivity index (χ4n) is 2.73. The Kier molecular flexibility index (Phi) is 5.31. The van der Waals surface area contributed by atoms with E-state index >= 15 is 0 Å². The largest absolute Gasteiger partial charge is 0.494 e. The van der Waals surface area contributed by atoms with E-state index in [9.17, 15) is 9.18 Å². The molecule has 1 aromatic carbocycles. The second kappa shape index (κ2) is 7.00. The van der Waals surface area contributed by atoms with Gasteiger partial charge in [0.15, 0.2) is 17.3 Å². The van der Waals surface area contributed by atoms with Gasteiger partial charge in [-0.2, -0.15) is 0 Å². The number of nitrogens with zero attached hydrogens (tertiary/aromatic N) is 2. The number of likely N-dealkylation sites (N-methyl/N-ethyl adjacent to an activating group) is 1. The zero-order valence-electron chi connectivity index (χ0n) is 12.9. The first-order valence-corrected chi connectivity index (χ1v) is 7.26. The summed E-state index contributed by atoms with van der Waals surface area (Å²) in [6.45, 7) is 2.15. The lowest BCUT2D eigenvalue weighted by Gasteiger charge is -2.35. The van der Waals surface area contributed by atoms with E-state index in [-0.39, 0.29) is 11.5 Å². The molecule has 0 amide bonds. The molecule has 1 unspecified atom stereocenters. The van der Waals surface area contributed by atoms with Gasteiger partial charge >= 0.3 is 0 Å². The molecule has 0 spiro atoms. The lowest BCUT2D eigenvalue weighted by Crippen LogP contribution is -2.46. The van der Waals surface area contributed by atoms with E-state index in [2.05, 4.69) is 23.9 Å². The number of halogens is 1. The van der Waals surface area contributed by atoms with E-state index in [4.69, 9.17) is 4.74 Å². The number of ketones is 1. The number of rotatable bonds is 5. The SMILES string of the molecule is COc1ccc(C(=O)CN2CCCC(N(C)C)C2)cc1F. The van der Waals surface area contributed by atoms with Gasteiger partial charge < -0.3 is 9.64 Å². The Bertz CT molecular complexity index is 505. The van der Waals surface area contributed by atoms with Crippen molar-refractivity contribution in [1.82, 2.24) is 9.80 Å². The summed E-state index contributed by atoms with van der Waals surface area (Å²) >= 11 is 0. The van der Waals surface area contributed by atoms with E-state index in [0.29, 0.717) is 18.2 Å². The van der Waals surface area contributed by atoms with Crippen molar-refractivity contribution in [1.29, 1.82) is 0 Å². The standard InChI is InChI=1S/C16H23FN2O2/c1-18(2)13-5-4-8-19(10-13)11-15(20)12-6-7-16(21-3)14(17)9-12/h6-7,9,13H,4-5,8,10-11H2,1-3H3. The van der Waals surface area contributed by atoms with Gasteiger partial charge in [-0.15, -0.1) is 0 Å². The quantitative estimate of drug-likeness (QED) is 0.778. The summed E-state index contributed by atoms with van der Waals surface area (Å²) in [5.74, 6) is -0.374. The van der Waals surface area contributed by atoms with E-state index in [1.54, 1.807) is 6.07 Å². The average molecular weight is 294 g/mol. The van der Waals surface area contributed by atoms with Crippen molar-refractivity contribution in [2.45, 2.75) is 18.9 Å². The summed E-state index contributed by atoms with van der Waals surface area (Å²) in [7, 11) is 5.54. The van der Waals surface area contributed by atoms with Crippen molar-refractivity contribution in [3.63, 3.8) is 0 Å². The van der Waals surface area contributed by atoms with Crippen LogP contribution in [0.25, 0.3) is 0 Å². The summed E-state index contributed by atoms with van der Waals surface area (Å²) in [5.41, 5.74) is 0.403. The lowest BCUT2D eigenvalue weighted by molar-refractivity contribution is 0.0852. The maximum Gasteiger partial charge on any atom is 0.176 e. The molecule has 0 radical (unpaired) electrons. The second-order valence-corrected chi connectivity index (χ2v) is 5.77. The maximum absolute atomic E-state index is 13.7. The van der Waals surface area contributed by atoms with Crippen molar-refractivity contribution in [2.75, 3.05) is 40.8 Å². The molecular formula is C16H23FN2O2. The van der Waals surface area contributed by atoms with Gasteiger partial charge in [-0.1, -0.05) is 0 Å². The third-order valence-corrected chi connectivity index (χ3v) is 4.05. The number of carbonyl (C=O) groups is 1. The van der Waals surface area contributed by atoms with Gasteiger partial charge in [0.25, 0.3) is 0 Å². The normalized spacial score (nSPS) is 19.8. The first-order chi connectivity index (χ1) is 10.0. The van der Waals surface area contributed by atoms with Crippen LogP contribution in [0, 0.1) is 5.82 Å². The Morgan fingerprint density at radius 1 is 1.48 bits per heavy atom. The number of likely N-dealkylation sites (tertiary alicyclic amines) is 1. The molecule has 2 rings (SSSR count). The molecule has 1 aliphatic heterocycles. The third kappa shape index (κ3) is 4.02. The minimum Gasteiger partial charge on any atom is -0.494 e. The van der Waals surface area contributed by atoms with Gasteiger partial charge in [-0.3, -0.25) is 9.69 Å². The summed E-state index contributed by atoms with van der Waals surface area (Å²) in [6, 6.07) is 4.87. The minimum absolute atomic E-state index is 0.0454. The van der Waals surface area contributed by atoms with Crippen molar-refractivity contribution in [3.8, 4) is 5.75 Å². The molecular weight excluding hydrogens is 271 g/mol. The van der Waals surface area contributed by atoms with Crippen LogP contribution in [0.1, 0.15) is 23.2 Å². The highest BCUT2D eigenvalue weighted by Crippen LogP contribution is 2.19. The number of methoxy groups -OCH3 is 1. The van der Waals surface area contributed by atoms with Crippen LogP contribution in [0.4, 0.5) is 4.39 Å². The van der Waals surface area contributed by atoms with Gasteiger partial charge in [-0.05, 0) is 51.7 Å². The Morgan fingerprint density at radius 2 is 2.24 bits per heavy atom. The van der Waals surface area contributed by atoms with Crippen molar-refractivity contribution in [3.05, 3.63) is 29.6 Å². The zero-order chi connectivity index (χ0) is 15.4. The van der Waals surface area contributed by atoms with Crippen molar-refractivity contribution in [2.24, 2.45) is 0 Å². The molecule has 21 heavy (non-hydrogen) atoms. The monoisotopic (exact) mass is 294 g/mol. The van der Waals surface area contributed by atoms with Crippen LogP contribution >= 0.6 is 0 Å². The fourth-order valence-corrected chi connectivity index (χ4v) is 2.73. The van der Waals surface area contributed by atoms with Gasteiger partial charge in [0.2, 0.25) is 0 Å². The van der Waals surface area contributed by atoms with Crippen LogP contribution in [-0.2, 0) is 0 Å². The van der Waals surface area contributed by atoms with Crippen LogP contribution in [0.2, 0.25) is 0 Å². The Hall–Kier alpha value is -1.46. The predicted octanol–water partition coefficient (Wildman–Crippen LogP) is 2.04. The van der Waals surface area contributed by atoms with Gasteiger partial charge in [0.1, 0.15) is 0 Å². The number of Topliss-reactive ketones (excluding diaryl/α,β-unsaturated/α-hetero) is 1. The molecule has 0 aromatic heterocycles. The summed E-state index contributed by atoms with van der Waals surface area (Å²) in [4.78, 5) is 16.6. The highest BCUT2D eigenvalue weighted by atomic mass is 19.1. The van der Waals surface area contributed by atoms with Gasteiger partial charge in [0, 0.05) is 18.2 Å². The minimum atomic E-state index is -0.492. The molecule has 1 heterocycles. The second-order valence-electron chi connectivity index (χ2n) is 5.77. The highest BCUT2D eigenvalue weighted by molar-refractivity contribution is 5.97. The van der Waals surface area contributed by atoms with Crippen molar-refractivity contribution >= 4 is 5.78 Å². The van der Waals surface area contributed by atoms with E-state index < -0.39 is 5.82 Å².